The topological polar surface area (TPSA) is 65.8 Å². The van der Waals surface area contributed by atoms with Crippen molar-refractivity contribution in [2.45, 2.75) is 38.6 Å². The maximum absolute atomic E-state index is 13.0. The van der Waals surface area contributed by atoms with E-state index in [1.165, 1.54) is 31.9 Å². The zero-order chi connectivity index (χ0) is 19.5. The van der Waals surface area contributed by atoms with Crippen molar-refractivity contribution in [1.29, 1.82) is 0 Å². The molecule has 1 aliphatic heterocycles. The Bertz CT molecular complexity index is 833. The molecule has 1 aliphatic carbocycles. The Morgan fingerprint density at radius 2 is 1.82 bits per heavy atom. The third-order valence-electron chi connectivity index (χ3n) is 5.92. The summed E-state index contributed by atoms with van der Waals surface area (Å²) in [7, 11) is 0. The van der Waals surface area contributed by atoms with Crippen molar-refractivity contribution in [2.24, 2.45) is 0 Å². The molecule has 1 aromatic heterocycles. The Hall–Kier alpha value is -2.60. The van der Waals surface area contributed by atoms with Crippen LogP contribution in [0.4, 0.5) is 5.69 Å². The largest absolute Gasteiger partial charge is 0.459 e. The summed E-state index contributed by atoms with van der Waals surface area (Å²) >= 11 is 0. The highest BCUT2D eigenvalue weighted by Gasteiger charge is 2.28. The second-order valence-electron chi connectivity index (χ2n) is 7.73. The first kappa shape index (κ1) is 18.7. The SMILES string of the molecule is Cc1ccc(C(=O)N2CCN(C3CCCC3)CC2)cc1NC(=O)c1ccco1. The molecule has 148 valence electrons. The molecule has 2 aliphatic rings. The van der Waals surface area contributed by atoms with E-state index < -0.39 is 0 Å². The van der Waals surface area contributed by atoms with E-state index in [9.17, 15) is 9.59 Å². The van der Waals surface area contributed by atoms with Gasteiger partial charge in [0.05, 0.1) is 6.26 Å². The van der Waals surface area contributed by atoms with Crippen LogP contribution < -0.4 is 5.32 Å². The van der Waals surface area contributed by atoms with E-state index in [1.807, 2.05) is 24.0 Å². The fourth-order valence-electron chi connectivity index (χ4n) is 4.22. The molecule has 0 bridgehead atoms. The van der Waals surface area contributed by atoms with Crippen LogP contribution in [0.3, 0.4) is 0 Å². The molecule has 6 heteroatoms. The van der Waals surface area contributed by atoms with Gasteiger partial charge in [-0.1, -0.05) is 18.9 Å². The molecule has 1 aromatic carbocycles. The van der Waals surface area contributed by atoms with Gasteiger partial charge in [0.15, 0.2) is 5.76 Å². The summed E-state index contributed by atoms with van der Waals surface area (Å²) in [5.41, 5.74) is 2.15. The third kappa shape index (κ3) is 3.97. The minimum absolute atomic E-state index is 0.0274. The average Bonchev–Trinajstić information content (AvgIpc) is 3.43. The van der Waals surface area contributed by atoms with Crippen molar-refractivity contribution in [2.75, 3.05) is 31.5 Å². The lowest BCUT2D eigenvalue weighted by Gasteiger charge is -2.38. The number of hydrogen-bond donors (Lipinski definition) is 1. The molecule has 2 heterocycles. The van der Waals surface area contributed by atoms with E-state index in [4.69, 9.17) is 4.42 Å². The van der Waals surface area contributed by atoms with E-state index in [1.54, 1.807) is 18.2 Å². The van der Waals surface area contributed by atoms with Crippen LogP contribution in [0.15, 0.2) is 41.0 Å². The molecule has 2 amide bonds. The fourth-order valence-corrected chi connectivity index (χ4v) is 4.22. The molecule has 1 N–H and O–H groups in total. The van der Waals surface area contributed by atoms with Gasteiger partial charge >= 0.3 is 0 Å². The van der Waals surface area contributed by atoms with Crippen LogP contribution in [0, 0.1) is 6.92 Å². The molecule has 0 spiro atoms. The van der Waals surface area contributed by atoms with E-state index in [2.05, 4.69) is 10.2 Å². The molecule has 0 unspecified atom stereocenters. The highest BCUT2D eigenvalue weighted by Crippen LogP contribution is 2.25. The molecule has 6 nitrogen and oxygen atoms in total. The predicted molar refractivity (Wildman–Crippen MR) is 108 cm³/mol. The minimum atomic E-state index is -0.317. The summed E-state index contributed by atoms with van der Waals surface area (Å²) in [4.78, 5) is 29.7. The summed E-state index contributed by atoms with van der Waals surface area (Å²) in [5.74, 6) is -0.0402. The first-order valence-electron chi connectivity index (χ1n) is 10.1. The molecular formula is C22H27N3O3. The highest BCUT2D eigenvalue weighted by atomic mass is 16.3. The summed E-state index contributed by atoms with van der Waals surface area (Å²) < 4.78 is 5.14. The van der Waals surface area contributed by atoms with Gasteiger partial charge in [0.2, 0.25) is 0 Å². The number of aryl methyl sites for hydroxylation is 1. The van der Waals surface area contributed by atoms with Gasteiger partial charge in [-0.3, -0.25) is 14.5 Å². The zero-order valence-corrected chi connectivity index (χ0v) is 16.3. The summed E-state index contributed by atoms with van der Waals surface area (Å²) in [6, 6.07) is 9.47. The van der Waals surface area contributed by atoms with Gasteiger partial charge in [0, 0.05) is 43.5 Å². The first-order chi connectivity index (χ1) is 13.6. The van der Waals surface area contributed by atoms with Crippen LogP contribution in [0.2, 0.25) is 0 Å². The molecule has 4 rings (SSSR count). The third-order valence-corrected chi connectivity index (χ3v) is 5.92. The van der Waals surface area contributed by atoms with Crippen molar-refractivity contribution in [3.63, 3.8) is 0 Å². The minimum Gasteiger partial charge on any atom is -0.459 e. The quantitative estimate of drug-likeness (QED) is 0.880. The van der Waals surface area contributed by atoms with Gasteiger partial charge in [-0.2, -0.15) is 0 Å². The fraction of sp³-hybridized carbons (Fsp3) is 0.455. The number of carbonyl (C=O) groups excluding carboxylic acids is 2. The van der Waals surface area contributed by atoms with Crippen LogP contribution >= 0.6 is 0 Å². The second kappa shape index (κ2) is 8.19. The maximum Gasteiger partial charge on any atom is 0.291 e. The number of carbonyl (C=O) groups is 2. The van der Waals surface area contributed by atoms with E-state index in [0.717, 1.165) is 31.7 Å². The molecule has 2 aromatic rings. The normalized spacial score (nSPS) is 18.4. The second-order valence-corrected chi connectivity index (χ2v) is 7.73. The number of benzene rings is 1. The van der Waals surface area contributed by atoms with E-state index in [0.29, 0.717) is 17.3 Å². The van der Waals surface area contributed by atoms with Crippen LogP contribution in [-0.2, 0) is 0 Å². The number of rotatable bonds is 4. The summed E-state index contributed by atoms with van der Waals surface area (Å²) in [6.45, 7) is 5.33. The van der Waals surface area contributed by atoms with Gasteiger partial charge in [0.1, 0.15) is 0 Å². The van der Waals surface area contributed by atoms with Crippen LogP contribution in [-0.4, -0.2) is 53.8 Å². The Morgan fingerprint density at radius 3 is 2.50 bits per heavy atom. The molecular weight excluding hydrogens is 354 g/mol. The lowest BCUT2D eigenvalue weighted by Crippen LogP contribution is -2.51. The maximum atomic E-state index is 13.0. The lowest BCUT2D eigenvalue weighted by molar-refractivity contribution is 0.0573. The van der Waals surface area contributed by atoms with Crippen molar-refractivity contribution in [1.82, 2.24) is 9.80 Å². The smallest absolute Gasteiger partial charge is 0.291 e. The number of nitrogens with zero attached hydrogens (tertiary/aromatic N) is 2. The molecule has 28 heavy (non-hydrogen) atoms. The molecule has 1 saturated carbocycles. The van der Waals surface area contributed by atoms with E-state index >= 15 is 0 Å². The standard InChI is InChI=1S/C22H27N3O3/c1-16-8-9-17(15-19(16)23-21(26)20-7-4-14-28-20)22(27)25-12-10-24(11-13-25)18-5-2-3-6-18/h4,7-9,14-15,18H,2-3,5-6,10-13H2,1H3,(H,23,26). The number of amides is 2. The Balaban J connectivity index is 1.41. The van der Waals surface area contributed by atoms with Crippen LogP contribution in [0.1, 0.15) is 52.2 Å². The number of piperazine rings is 1. The highest BCUT2D eigenvalue weighted by molar-refractivity contribution is 6.03. The van der Waals surface area contributed by atoms with Crippen molar-refractivity contribution < 1.29 is 14.0 Å². The van der Waals surface area contributed by atoms with Crippen molar-refractivity contribution in [3.05, 3.63) is 53.5 Å². The van der Waals surface area contributed by atoms with Gasteiger partial charge in [-0.15, -0.1) is 0 Å². The molecule has 2 fully saturated rings. The van der Waals surface area contributed by atoms with E-state index in [-0.39, 0.29) is 17.6 Å². The van der Waals surface area contributed by atoms with Gasteiger partial charge < -0.3 is 14.6 Å². The Morgan fingerprint density at radius 1 is 1.07 bits per heavy atom. The molecule has 0 radical (unpaired) electrons. The van der Waals surface area contributed by atoms with Crippen LogP contribution in [0.5, 0.6) is 0 Å². The summed E-state index contributed by atoms with van der Waals surface area (Å²) in [6.07, 6.45) is 6.72. The predicted octanol–water partition coefficient (Wildman–Crippen LogP) is 3.54. The number of hydrogen-bond acceptors (Lipinski definition) is 4. The van der Waals surface area contributed by atoms with Crippen molar-refractivity contribution in [3.8, 4) is 0 Å². The molecule has 0 atom stereocenters. The van der Waals surface area contributed by atoms with Gasteiger partial charge in [-0.05, 0) is 49.6 Å². The number of furan rings is 1. The van der Waals surface area contributed by atoms with Crippen LogP contribution in [0.25, 0.3) is 0 Å². The van der Waals surface area contributed by atoms with Crippen molar-refractivity contribution >= 4 is 17.5 Å². The Kier molecular flexibility index (Phi) is 5.48. The number of anilines is 1. The Labute approximate surface area is 165 Å². The monoisotopic (exact) mass is 381 g/mol. The zero-order valence-electron chi connectivity index (χ0n) is 16.3. The lowest BCUT2D eigenvalue weighted by atomic mass is 10.1. The molecule has 1 saturated heterocycles. The van der Waals surface area contributed by atoms with Gasteiger partial charge in [0.25, 0.3) is 11.8 Å². The van der Waals surface area contributed by atoms with Gasteiger partial charge in [-0.25, -0.2) is 0 Å². The average molecular weight is 381 g/mol. The number of nitrogens with one attached hydrogen (secondary N) is 1. The summed E-state index contributed by atoms with van der Waals surface area (Å²) in [5, 5.41) is 2.84. The first-order valence-corrected chi connectivity index (χ1v) is 10.1.